The summed E-state index contributed by atoms with van der Waals surface area (Å²) in [5.74, 6) is -10.5. The first kappa shape index (κ1) is 32.0. The molecule has 2 aliphatic rings. The van der Waals surface area contributed by atoms with Gasteiger partial charge in [0.05, 0.1) is 6.07 Å². The minimum atomic E-state index is -5.31. The molecular weight excluding hydrogens is 529 g/mol. The fourth-order valence-corrected chi connectivity index (χ4v) is 4.74. The Bertz CT molecular complexity index is 1000. The number of hydrogen-bond acceptors (Lipinski definition) is 5. The Hall–Kier alpha value is -3.24. The molecule has 5 atom stereocenters. The second-order valence-corrected chi connectivity index (χ2v) is 11.0. The fourth-order valence-electron chi connectivity index (χ4n) is 4.74. The van der Waals surface area contributed by atoms with Crippen molar-refractivity contribution in [2.75, 3.05) is 13.1 Å². The number of hydrogen-bond donors (Lipinski definition) is 3. The van der Waals surface area contributed by atoms with E-state index in [4.69, 9.17) is 0 Å². The third-order valence-electron chi connectivity index (χ3n) is 6.93. The van der Waals surface area contributed by atoms with Crippen LogP contribution in [0.2, 0.25) is 0 Å². The van der Waals surface area contributed by atoms with Gasteiger partial charge in [-0.2, -0.15) is 18.4 Å². The van der Waals surface area contributed by atoms with Crippen molar-refractivity contribution in [3.05, 3.63) is 12.7 Å². The van der Waals surface area contributed by atoms with E-state index in [0.29, 0.717) is 19.4 Å². The number of amides is 4. The topological polar surface area (TPSA) is 131 Å². The summed E-state index contributed by atoms with van der Waals surface area (Å²) in [5, 5.41) is 16.2. The molecule has 2 saturated heterocycles. The minimum absolute atomic E-state index is 0.0868. The zero-order valence-electron chi connectivity index (χ0n) is 22.0. The van der Waals surface area contributed by atoms with Gasteiger partial charge in [-0.1, -0.05) is 26.8 Å². The van der Waals surface area contributed by atoms with Crippen LogP contribution >= 0.6 is 0 Å². The van der Waals surface area contributed by atoms with E-state index in [0.717, 1.165) is 4.90 Å². The molecule has 9 nitrogen and oxygen atoms in total. The highest BCUT2D eigenvalue weighted by Crippen LogP contribution is 2.40. The number of carbonyl (C=O) groups is 4. The number of rotatable bonds is 8. The number of allylic oxidation sites excluding steroid dienone is 1. The van der Waals surface area contributed by atoms with Crippen LogP contribution in [-0.2, 0) is 19.2 Å². The van der Waals surface area contributed by atoms with E-state index in [1.807, 2.05) is 6.07 Å². The first-order valence-corrected chi connectivity index (χ1v) is 12.6. The third-order valence-corrected chi connectivity index (χ3v) is 6.93. The standard InChI is InChI=1S/C25H34F5N5O4/c1-5-7-15-13-35(21(38)18(23(2,3)4)34-22(39)25(28,29)30)17(11-24(15,26)27)20(37)33-16(12-31)10-14-8-6-9-32-19(14)36/h5,14-18H,1,6-11,13H2,2-4H3,(H,32,36)(H,33,37)(H,34,39)/t14-,15?,16-,17-,18-/m0/s1. The molecule has 0 radical (unpaired) electrons. The second-order valence-electron chi connectivity index (χ2n) is 11.0. The molecule has 2 heterocycles. The third kappa shape index (κ3) is 8.12. The van der Waals surface area contributed by atoms with Gasteiger partial charge >= 0.3 is 12.1 Å². The molecule has 2 fully saturated rings. The zero-order valence-corrected chi connectivity index (χ0v) is 22.0. The van der Waals surface area contributed by atoms with Crippen LogP contribution in [0.5, 0.6) is 0 Å². The van der Waals surface area contributed by atoms with Crippen molar-refractivity contribution in [3.63, 3.8) is 0 Å². The lowest BCUT2D eigenvalue weighted by Gasteiger charge is -2.45. The first-order chi connectivity index (χ1) is 17.9. The lowest BCUT2D eigenvalue weighted by atomic mass is 9.82. The van der Waals surface area contributed by atoms with Crippen LogP contribution in [0.3, 0.4) is 0 Å². The minimum Gasteiger partial charge on any atom is -0.356 e. The van der Waals surface area contributed by atoms with Crippen LogP contribution in [0.4, 0.5) is 22.0 Å². The number of alkyl halides is 5. The molecule has 218 valence electrons. The van der Waals surface area contributed by atoms with Crippen molar-refractivity contribution >= 4 is 23.6 Å². The van der Waals surface area contributed by atoms with Crippen molar-refractivity contribution in [2.45, 2.75) is 83.1 Å². The Morgan fingerprint density at radius 3 is 2.41 bits per heavy atom. The Balaban J connectivity index is 2.38. The summed E-state index contributed by atoms with van der Waals surface area (Å²) in [7, 11) is 0. The Morgan fingerprint density at radius 2 is 1.90 bits per heavy atom. The SMILES string of the molecule is C=CCC1CN(C(=O)[C@H](NC(=O)C(F)(F)F)C(C)(C)C)[C@H](C(=O)N[C@H](C#N)C[C@@H]2CCCNC2=O)CC1(F)F. The average molecular weight is 564 g/mol. The molecule has 1 unspecified atom stereocenters. The number of nitrogens with one attached hydrogen (secondary N) is 3. The van der Waals surface area contributed by atoms with Gasteiger partial charge in [-0.25, -0.2) is 8.78 Å². The lowest BCUT2D eigenvalue weighted by Crippen LogP contribution is -2.65. The number of piperidine rings is 2. The number of likely N-dealkylation sites (tertiary alicyclic amines) is 1. The van der Waals surface area contributed by atoms with E-state index < -0.39 is 78.2 Å². The van der Waals surface area contributed by atoms with Crippen LogP contribution in [0.15, 0.2) is 12.7 Å². The fraction of sp³-hybridized carbons (Fsp3) is 0.720. The normalized spacial score (nSPS) is 24.9. The maximum atomic E-state index is 15.0. The van der Waals surface area contributed by atoms with E-state index in [1.165, 1.54) is 26.8 Å². The van der Waals surface area contributed by atoms with Crippen LogP contribution in [0.1, 0.15) is 52.9 Å². The molecule has 0 saturated carbocycles. The molecule has 0 spiro atoms. The summed E-state index contributed by atoms with van der Waals surface area (Å²) in [4.78, 5) is 51.3. The van der Waals surface area contributed by atoms with E-state index >= 15 is 8.78 Å². The number of carbonyl (C=O) groups excluding carboxylic acids is 4. The number of nitrogens with zero attached hydrogens (tertiary/aromatic N) is 2. The van der Waals surface area contributed by atoms with Gasteiger partial charge in [0.1, 0.15) is 18.1 Å². The van der Waals surface area contributed by atoms with Crippen LogP contribution in [0, 0.1) is 28.6 Å². The molecular formula is C25H34F5N5O4. The molecule has 0 aromatic rings. The predicted octanol–water partition coefficient (Wildman–Crippen LogP) is 2.43. The van der Waals surface area contributed by atoms with Crippen molar-refractivity contribution in [1.82, 2.24) is 20.9 Å². The molecule has 2 rings (SSSR count). The number of nitriles is 1. The van der Waals surface area contributed by atoms with Crippen molar-refractivity contribution in [1.29, 1.82) is 5.26 Å². The Labute approximate surface area is 223 Å². The van der Waals surface area contributed by atoms with Gasteiger partial charge in [0, 0.05) is 31.3 Å². The maximum absolute atomic E-state index is 15.0. The van der Waals surface area contributed by atoms with Crippen molar-refractivity contribution in [3.8, 4) is 6.07 Å². The summed E-state index contributed by atoms with van der Waals surface area (Å²) in [6.45, 7) is 7.33. The van der Waals surface area contributed by atoms with Crippen molar-refractivity contribution < 1.29 is 41.1 Å². The van der Waals surface area contributed by atoms with E-state index in [9.17, 15) is 37.6 Å². The molecule has 0 aromatic carbocycles. The summed E-state index contributed by atoms with van der Waals surface area (Å²) >= 11 is 0. The Morgan fingerprint density at radius 1 is 1.26 bits per heavy atom. The van der Waals surface area contributed by atoms with E-state index in [-0.39, 0.29) is 18.7 Å². The van der Waals surface area contributed by atoms with E-state index in [2.05, 4.69) is 17.2 Å². The van der Waals surface area contributed by atoms with Crippen LogP contribution in [0.25, 0.3) is 0 Å². The van der Waals surface area contributed by atoms with E-state index in [1.54, 1.807) is 5.32 Å². The monoisotopic (exact) mass is 563 g/mol. The summed E-state index contributed by atoms with van der Waals surface area (Å²) in [6, 6.07) is -3.08. The van der Waals surface area contributed by atoms with Gasteiger partial charge in [-0.05, 0) is 31.1 Å². The van der Waals surface area contributed by atoms with Gasteiger partial charge in [0.2, 0.25) is 17.7 Å². The molecule has 0 bridgehead atoms. The predicted molar refractivity (Wildman–Crippen MR) is 129 cm³/mol. The smallest absolute Gasteiger partial charge is 0.356 e. The second kappa shape index (κ2) is 12.3. The number of halogens is 5. The zero-order chi connectivity index (χ0) is 29.8. The highest BCUT2D eigenvalue weighted by Gasteiger charge is 2.54. The maximum Gasteiger partial charge on any atom is 0.471 e. The largest absolute Gasteiger partial charge is 0.471 e. The first-order valence-electron chi connectivity index (χ1n) is 12.6. The Kier molecular flexibility index (Phi) is 10.1. The molecule has 3 N–H and O–H groups in total. The molecule has 2 aliphatic heterocycles. The van der Waals surface area contributed by atoms with Gasteiger partial charge in [-0.15, -0.1) is 6.58 Å². The summed E-state index contributed by atoms with van der Waals surface area (Å²) < 4.78 is 69.1. The van der Waals surface area contributed by atoms with Gasteiger partial charge in [-0.3, -0.25) is 19.2 Å². The highest BCUT2D eigenvalue weighted by atomic mass is 19.4. The molecule has 39 heavy (non-hydrogen) atoms. The molecule has 4 amide bonds. The average Bonchev–Trinajstić information content (AvgIpc) is 2.82. The van der Waals surface area contributed by atoms with Crippen LogP contribution < -0.4 is 16.0 Å². The summed E-state index contributed by atoms with van der Waals surface area (Å²) in [5.41, 5.74) is -1.30. The van der Waals surface area contributed by atoms with Gasteiger partial charge in [0.25, 0.3) is 5.92 Å². The van der Waals surface area contributed by atoms with Crippen molar-refractivity contribution in [2.24, 2.45) is 17.3 Å². The molecule has 0 aliphatic carbocycles. The van der Waals surface area contributed by atoms with Gasteiger partial charge < -0.3 is 20.9 Å². The molecule has 14 heteroatoms. The van der Waals surface area contributed by atoms with Gasteiger partial charge in [0.15, 0.2) is 0 Å². The van der Waals surface area contributed by atoms with Crippen LogP contribution in [-0.4, -0.2) is 71.8 Å². The quantitative estimate of drug-likeness (QED) is 0.309. The summed E-state index contributed by atoms with van der Waals surface area (Å²) in [6.07, 6.45) is -4.49. The lowest BCUT2D eigenvalue weighted by molar-refractivity contribution is -0.178. The highest BCUT2D eigenvalue weighted by molar-refractivity contribution is 5.94. The molecule has 0 aromatic heterocycles.